The van der Waals surface area contributed by atoms with E-state index < -0.39 is 4.92 Å². The van der Waals surface area contributed by atoms with E-state index in [1.807, 2.05) is 0 Å². The van der Waals surface area contributed by atoms with Crippen molar-refractivity contribution < 1.29 is 4.92 Å². The average molecular weight is 187 g/mol. The van der Waals surface area contributed by atoms with Gasteiger partial charge in [-0.3, -0.25) is 10.1 Å². The molecule has 64 valence electrons. The summed E-state index contributed by atoms with van der Waals surface area (Å²) in [5.74, 6) is 0.251. The molecule has 0 radical (unpaired) electrons. The molecule has 0 fully saturated rings. The highest BCUT2D eigenvalue weighted by atomic mass is 35.5. The second-order valence-electron chi connectivity index (χ2n) is 2.28. The Kier molecular flexibility index (Phi) is 2.50. The van der Waals surface area contributed by atoms with Crippen LogP contribution in [0.15, 0.2) is 18.2 Å². The number of alkyl halides is 1. The summed E-state index contributed by atoms with van der Waals surface area (Å²) in [6, 6.07) is 4.52. The average Bonchev–Trinajstić information content (AvgIpc) is 2.05. The molecule has 2 N–H and O–H groups in total. The van der Waals surface area contributed by atoms with Gasteiger partial charge in [0.2, 0.25) is 0 Å². The Morgan fingerprint density at radius 1 is 1.58 bits per heavy atom. The predicted octanol–water partition coefficient (Wildman–Crippen LogP) is 1.92. The van der Waals surface area contributed by atoms with Gasteiger partial charge in [0.1, 0.15) is 5.69 Å². The lowest BCUT2D eigenvalue weighted by Gasteiger charge is -1.98. The van der Waals surface area contributed by atoms with E-state index in [9.17, 15) is 10.1 Å². The number of nitrogen functional groups attached to an aromatic ring is 1. The highest BCUT2D eigenvalue weighted by molar-refractivity contribution is 6.17. The zero-order chi connectivity index (χ0) is 9.14. The lowest BCUT2D eigenvalue weighted by molar-refractivity contribution is -0.383. The van der Waals surface area contributed by atoms with Gasteiger partial charge < -0.3 is 5.73 Å². The van der Waals surface area contributed by atoms with Crippen LogP contribution >= 0.6 is 11.6 Å². The van der Waals surface area contributed by atoms with Gasteiger partial charge in [-0.05, 0) is 11.6 Å². The number of nitrogens with two attached hydrogens (primary N) is 1. The summed E-state index contributed by atoms with van der Waals surface area (Å²) in [6.07, 6.45) is 0. The van der Waals surface area contributed by atoms with Gasteiger partial charge in [-0.2, -0.15) is 0 Å². The Morgan fingerprint density at radius 3 is 2.75 bits per heavy atom. The fraction of sp³-hybridized carbons (Fsp3) is 0.143. The topological polar surface area (TPSA) is 69.2 Å². The monoisotopic (exact) mass is 186 g/mol. The molecule has 1 aromatic carbocycles. The molecule has 0 saturated heterocycles. The van der Waals surface area contributed by atoms with E-state index in [2.05, 4.69) is 0 Å². The molecule has 0 aliphatic carbocycles. The fourth-order valence-electron chi connectivity index (χ4n) is 0.830. The van der Waals surface area contributed by atoms with Gasteiger partial charge in [0.15, 0.2) is 0 Å². The van der Waals surface area contributed by atoms with Crippen LogP contribution in [0.3, 0.4) is 0 Å². The number of nitro benzene ring substituents is 1. The second-order valence-corrected chi connectivity index (χ2v) is 2.55. The standard InChI is InChI=1S/C7H7ClN2O2/c8-4-5-1-2-6(9)7(3-5)10(11)12/h1-3H,4,9H2. The third kappa shape index (κ3) is 1.65. The van der Waals surface area contributed by atoms with Crippen LogP contribution in [0.25, 0.3) is 0 Å². The van der Waals surface area contributed by atoms with Gasteiger partial charge in [-0.15, -0.1) is 11.6 Å². The molecular weight excluding hydrogens is 180 g/mol. The summed E-state index contributed by atoms with van der Waals surface area (Å²) in [5, 5.41) is 10.4. The predicted molar refractivity (Wildman–Crippen MR) is 47.1 cm³/mol. The second kappa shape index (κ2) is 3.40. The maximum atomic E-state index is 10.4. The first kappa shape index (κ1) is 8.80. The van der Waals surface area contributed by atoms with Gasteiger partial charge >= 0.3 is 0 Å². The third-order valence-electron chi connectivity index (χ3n) is 1.45. The van der Waals surface area contributed by atoms with E-state index in [-0.39, 0.29) is 17.3 Å². The zero-order valence-electron chi connectivity index (χ0n) is 6.16. The van der Waals surface area contributed by atoms with E-state index in [1.54, 1.807) is 6.07 Å². The van der Waals surface area contributed by atoms with E-state index in [4.69, 9.17) is 17.3 Å². The minimum Gasteiger partial charge on any atom is -0.393 e. The lowest BCUT2D eigenvalue weighted by atomic mass is 10.2. The summed E-state index contributed by atoms with van der Waals surface area (Å²) in [5.41, 5.74) is 6.12. The lowest BCUT2D eigenvalue weighted by Crippen LogP contribution is -1.96. The van der Waals surface area contributed by atoms with Crippen LogP contribution in [0.4, 0.5) is 11.4 Å². The molecule has 0 heterocycles. The number of nitro groups is 1. The van der Waals surface area contributed by atoms with E-state index in [0.717, 1.165) is 0 Å². The normalized spacial score (nSPS) is 9.75. The SMILES string of the molecule is Nc1ccc(CCl)cc1[N+](=O)[O-]. The Labute approximate surface area is 74.1 Å². The summed E-state index contributed by atoms with van der Waals surface area (Å²) in [4.78, 5) is 9.85. The molecule has 0 atom stereocenters. The van der Waals surface area contributed by atoms with E-state index >= 15 is 0 Å². The Bertz CT molecular complexity index is 314. The van der Waals surface area contributed by atoms with Crippen molar-refractivity contribution in [2.75, 3.05) is 5.73 Å². The highest BCUT2D eigenvalue weighted by Gasteiger charge is 2.10. The van der Waals surface area contributed by atoms with Crippen molar-refractivity contribution in [3.63, 3.8) is 0 Å². The molecule has 0 bridgehead atoms. The minimum absolute atomic E-state index is 0.0897. The quantitative estimate of drug-likeness (QED) is 0.332. The van der Waals surface area contributed by atoms with Crippen LogP contribution in [0.2, 0.25) is 0 Å². The van der Waals surface area contributed by atoms with Crippen LogP contribution in [0.5, 0.6) is 0 Å². The van der Waals surface area contributed by atoms with Crippen LogP contribution in [0, 0.1) is 10.1 Å². The van der Waals surface area contributed by atoms with Crippen LogP contribution in [-0.2, 0) is 5.88 Å². The van der Waals surface area contributed by atoms with Crippen molar-refractivity contribution >= 4 is 23.0 Å². The van der Waals surface area contributed by atoms with Gasteiger partial charge in [0.05, 0.1) is 4.92 Å². The van der Waals surface area contributed by atoms with Crippen molar-refractivity contribution in [1.82, 2.24) is 0 Å². The first-order valence-electron chi connectivity index (χ1n) is 3.24. The van der Waals surface area contributed by atoms with E-state index in [0.29, 0.717) is 5.56 Å². The summed E-state index contributed by atoms with van der Waals surface area (Å²) in [7, 11) is 0. The van der Waals surface area contributed by atoms with Crippen molar-refractivity contribution in [1.29, 1.82) is 0 Å². The number of rotatable bonds is 2. The maximum Gasteiger partial charge on any atom is 0.292 e. The molecule has 0 aliphatic heterocycles. The summed E-state index contributed by atoms with van der Waals surface area (Å²) < 4.78 is 0. The van der Waals surface area contributed by atoms with Crippen molar-refractivity contribution in [2.24, 2.45) is 0 Å². The number of nitrogens with zero attached hydrogens (tertiary/aromatic N) is 1. The Morgan fingerprint density at radius 2 is 2.25 bits per heavy atom. The summed E-state index contributed by atoms with van der Waals surface area (Å²) in [6.45, 7) is 0. The fourth-order valence-corrected chi connectivity index (χ4v) is 0.997. The number of halogens is 1. The number of benzene rings is 1. The molecule has 0 unspecified atom stereocenters. The largest absolute Gasteiger partial charge is 0.393 e. The molecule has 1 rings (SSSR count). The van der Waals surface area contributed by atoms with Crippen molar-refractivity contribution in [3.8, 4) is 0 Å². The van der Waals surface area contributed by atoms with Gasteiger partial charge in [0, 0.05) is 11.9 Å². The van der Waals surface area contributed by atoms with Crippen LogP contribution in [-0.4, -0.2) is 4.92 Å². The van der Waals surface area contributed by atoms with Gasteiger partial charge in [-0.25, -0.2) is 0 Å². The molecule has 0 aromatic heterocycles. The third-order valence-corrected chi connectivity index (χ3v) is 1.75. The molecular formula is C7H7ClN2O2. The molecule has 0 aliphatic rings. The first-order valence-corrected chi connectivity index (χ1v) is 3.77. The molecule has 12 heavy (non-hydrogen) atoms. The number of hydrogen-bond donors (Lipinski definition) is 1. The maximum absolute atomic E-state index is 10.4. The number of anilines is 1. The van der Waals surface area contributed by atoms with Gasteiger partial charge in [0.25, 0.3) is 5.69 Å². The Hall–Kier alpha value is -1.29. The van der Waals surface area contributed by atoms with Crippen LogP contribution < -0.4 is 5.73 Å². The molecule has 4 nitrogen and oxygen atoms in total. The molecule has 0 amide bonds. The smallest absolute Gasteiger partial charge is 0.292 e. The van der Waals surface area contributed by atoms with Crippen molar-refractivity contribution in [2.45, 2.75) is 5.88 Å². The summed E-state index contributed by atoms with van der Waals surface area (Å²) >= 11 is 5.49. The molecule has 1 aromatic rings. The van der Waals surface area contributed by atoms with E-state index in [1.165, 1.54) is 12.1 Å². The zero-order valence-corrected chi connectivity index (χ0v) is 6.91. The Balaban J connectivity index is 3.17. The van der Waals surface area contributed by atoms with Crippen LogP contribution in [0.1, 0.15) is 5.56 Å². The van der Waals surface area contributed by atoms with Gasteiger partial charge in [-0.1, -0.05) is 6.07 Å². The van der Waals surface area contributed by atoms with Crippen molar-refractivity contribution in [3.05, 3.63) is 33.9 Å². The molecule has 0 spiro atoms. The highest BCUT2D eigenvalue weighted by Crippen LogP contribution is 2.22. The molecule has 0 saturated carbocycles. The minimum atomic E-state index is -0.522. The number of hydrogen-bond acceptors (Lipinski definition) is 3. The first-order chi connectivity index (χ1) is 5.65. The molecule has 5 heteroatoms.